The highest BCUT2D eigenvalue weighted by Crippen LogP contribution is 2.21. The summed E-state index contributed by atoms with van der Waals surface area (Å²) in [7, 11) is 0. The van der Waals surface area contributed by atoms with Crippen molar-refractivity contribution in [3.63, 3.8) is 0 Å². The Hall–Kier alpha value is -1.55. The highest BCUT2D eigenvalue weighted by molar-refractivity contribution is 5.97. The lowest BCUT2D eigenvalue weighted by Gasteiger charge is -2.28. The number of phenols is 1. The molecule has 2 atom stereocenters. The Kier molecular flexibility index (Phi) is 3.87. The molecule has 1 amide bonds. The Morgan fingerprint density at radius 3 is 2.72 bits per heavy atom. The number of benzene rings is 1. The van der Waals surface area contributed by atoms with E-state index < -0.39 is 6.10 Å². The van der Waals surface area contributed by atoms with Crippen LogP contribution in [0.2, 0.25) is 0 Å². The molecular weight excluding hydrogens is 230 g/mol. The minimum Gasteiger partial charge on any atom is -0.507 e. The summed E-state index contributed by atoms with van der Waals surface area (Å²) in [6.07, 6.45) is 3.06. The number of hydrogen-bond donors (Lipinski definition) is 3. The van der Waals surface area contributed by atoms with Crippen molar-refractivity contribution in [2.75, 3.05) is 0 Å². The number of nitrogens with one attached hydrogen (secondary N) is 1. The van der Waals surface area contributed by atoms with E-state index in [4.69, 9.17) is 0 Å². The molecule has 1 aliphatic carbocycles. The van der Waals surface area contributed by atoms with Gasteiger partial charge >= 0.3 is 0 Å². The highest BCUT2D eigenvalue weighted by Gasteiger charge is 2.25. The third kappa shape index (κ3) is 2.82. The van der Waals surface area contributed by atoms with Crippen LogP contribution < -0.4 is 5.32 Å². The van der Waals surface area contributed by atoms with Gasteiger partial charge < -0.3 is 15.5 Å². The first-order chi connectivity index (χ1) is 8.58. The SMILES string of the molecule is Cc1ccc(C(=O)N[C@H]2CCCC[C@@H]2O)c(O)c1. The van der Waals surface area contributed by atoms with Gasteiger partial charge in [-0.25, -0.2) is 0 Å². The molecule has 0 aliphatic heterocycles. The molecule has 18 heavy (non-hydrogen) atoms. The molecule has 0 radical (unpaired) electrons. The molecule has 0 heterocycles. The summed E-state index contributed by atoms with van der Waals surface area (Å²) in [5, 5.41) is 22.3. The molecule has 4 heteroatoms. The van der Waals surface area contributed by atoms with Gasteiger partial charge in [0, 0.05) is 0 Å². The van der Waals surface area contributed by atoms with Crippen LogP contribution in [0, 0.1) is 6.92 Å². The second-order valence-corrected chi connectivity index (χ2v) is 4.95. The van der Waals surface area contributed by atoms with Crippen molar-refractivity contribution >= 4 is 5.91 Å². The zero-order valence-electron chi connectivity index (χ0n) is 10.5. The summed E-state index contributed by atoms with van der Waals surface area (Å²) in [5.74, 6) is -0.337. The zero-order valence-corrected chi connectivity index (χ0v) is 10.5. The zero-order chi connectivity index (χ0) is 13.1. The lowest BCUT2D eigenvalue weighted by molar-refractivity contribution is 0.0715. The van der Waals surface area contributed by atoms with Crippen LogP contribution in [-0.2, 0) is 0 Å². The molecule has 0 bridgehead atoms. The summed E-state index contributed by atoms with van der Waals surface area (Å²) >= 11 is 0. The Labute approximate surface area is 107 Å². The number of carbonyl (C=O) groups excluding carboxylic acids is 1. The Morgan fingerprint density at radius 1 is 1.33 bits per heavy atom. The molecule has 4 nitrogen and oxygen atoms in total. The smallest absolute Gasteiger partial charge is 0.255 e. The van der Waals surface area contributed by atoms with Crippen LogP contribution in [-0.4, -0.2) is 28.3 Å². The lowest BCUT2D eigenvalue weighted by atomic mass is 9.92. The molecule has 0 spiro atoms. The second-order valence-electron chi connectivity index (χ2n) is 4.95. The molecule has 2 rings (SSSR count). The quantitative estimate of drug-likeness (QED) is 0.747. The van der Waals surface area contributed by atoms with Crippen molar-refractivity contribution in [2.45, 2.75) is 44.8 Å². The Balaban J connectivity index is 2.07. The van der Waals surface area contributed by atoms with E-state index >= 15 is 0 Å². The summed E-state index contributed by atoms with van der Waals surface area (Å²) < 4.78 is 0. The molecule has 98 valence electrons. The van der Waals surface area contributed by atoms with Gasteiger partial charge in [-0.2, -0.15) is 0 Å². The maximum absolute atomic E-state index is 12.0. The van der Waals surface area contributed by atoms with Crippen LogP contribution >= 0.6 is 0 Å². The van der Waals surface area contributed by atoms with Gasteiger partial charge in [-0.15, -0.1) is 0 Å². The molecule has 0 saturated heterocycles. The van der Waals surface area contributed by atoms with Gasteiger partial charge in [-0.05, 0) is 37.5 Å². The minimum absolute atomic E-state index is 0.0159. The maximum Gasteiger partial charge on any atom is 0.255 e. The van der Waals surface area contributed by atoms with Gasteiger partial charge in [0.05, 0.1) is 17.7 Å². The average Bonchev–Trinajstić information content (AvgIpc) is 2.32. The van der Waals surface area contributed by atoms with Crippen LogP contribution in [0.5, 0.6) is 5.75 Å². The van der Waals surface area contributed by atoms with Crippen molar-refractivity contribution in [1.82, 2.24) is 5.32 Å². The van der Waals surface area contributed by atoms with Gasteiger partial charge in [-0.1, -0.05) is 18.9 Å². The van der Waals surface area contributed by atoms with E-state index in [1.54, 1.807) is 18.2 Å². The number of rotatable bonds is 2. The van der Waals surface area contributed by atoms with Gasteiger partial charge in [0.25, 0.3) is 5.91 Å². The van der Waals surface area contributed by atoms with Gasteiger partial charge in [0.2, 0.25) is 0 Å². The molecule has 0 aromatic heterocycles. The number of aromatic hydroxyl groups is 1. The third-order valence-corrected chi connectivity index (χ3v) is 3.44. The van der Waals surface area contributed by atoms with E-state index in [9.17, 15) is 15.0 Å². The number of hydrogen-bond acceptors (Lipinski definition) is 3. The number of aryl methyl sites for hydroxylation is 1. The van der Waals surface area contributed by atoms with Gasteiger partial charge in [0.1, 0.15) is 5.75 Å². The van der Waals surface area contributed by atoms with E-state index in [1.165, 1.54) is 0 Å². The van der Waals surface area contributed by atoms with E-state index in [0.717, 1.165) is 31.2 Å². The molecule has 1 saturated carbocycles. The Morgan fingerprint density at radius 2 is 2.06 bits per heavy atom. The van der Waals surface area contributed by atoms with Crippen LogP contribution in [0.4, 0.5) is 0 Å². The lowest BCUT2D eigenvalue weighted by Crippen LogP contribution is -2.45. The van der Waals surface area contributed by atoms with Crippen molar-refractivity contribution in [3.8, 4) is 5.75 Å². The third-order valence-electron chi connectivity index (χ3n) is 3.44. The molecule has 3 N–H and O–H groups in total. The van der Waals surface area contributed by atoms with Gasteiger partial charge in [0.15, 0.2) is 0 Å². The number of aliphatic hydroxyl groups is 1. The van der Waals surface area contributed by atoms with Crippen LogP contribution in [0.25, 0.3) is 0 Å². The first kappa shape index (κ1) is 12.9. The number of aliphatic hydroxyl groups excluding tert-OH is 1. The monoisotopic (exact) mass is 249 g/mol. The summed E-state index contributed by atoms with van der Waals surface area (Å²) in [6.45, 7) is 1.85. The van der Waals surface area contributed by atoms with Crippen LogP contribution in [0.15, 0.2) is 18.2 Å². The molecule has 1 aromatic rings. The average molecular weight is 249 g/mol. The normalized spacial score (nSPS) is 23.7. The summed E-state index contributed by atoms with van der Waals surface area (Å²) in [6, 6.07) is 4.75. The standard InChI is InChI=1S/C14H19NO3/c1-9-6-7-10(13(17)8-9)14(18)15-11-4-2-3-5-12(11)16/h6-8,11-12,16-17H,2-5H2,1H3,(H,15,18)/t11-,12-/m0/s1. The molecule has 1 aromatic carbocycles. The fourth-order valence-corrected chi connectivity index (χ4v) is 2.36. The fourth-order valence-electron chi connectivity index (χ4n) is 2.36. The van der Waals surface area contributed by atoms with Crippen molar-refractivity contribution < 1.29 is 15.0 Å². The summed E-state index contributed by atoms with van der Waals surface area (Å²) in [5.41, 5.74) is 1.17. The van der Waals surface area contributed by atoms with Crippen molar-refractivity contribution in [1.29, 1.82) is 0 Å². The summed E-state index contributed by atoms with van der Waals surface area (Å²) in [4.78, 5) is 12.0. The molecule has 0 unspecified atom stereocenters. The Bertz CT molecular complexity index is 445. The topological polar surface area (TPSA) is 69.6 Å². The molecule has 1 aliphatic rings. The predicted octanol–water partition coefficient (Wildman–Crippen LogP) is 1.73. The van der Waals surface area contributed by atoms with Gasteiger partial charge in [-0.3, -0.25) is 4.79 Å². The highest BCUT2D eigenvalue weighted by atomic mass is 16.3. The van der Waals surface area contributed by atoms with E-state index in [1.807, 2.05) is 6.92 Å². The number of phenolic OH excluding ortho intramolecular Hbond substituents is 1. The predicted molar refractivity (Wildman–Crippen MR) is 68.6 cm³/mol. The second kappa shape index (κ2) is 5.40. The first-order valence-corrected chi connectivity index (χ1v) is 6.36. The first-order valence-electron chi connectivity index (χ1n) is 6.36. The van der Waals surface area contributed by atoms with Crippen LogP contribution in [0.3, 0.4) is 0 Å². The van der Waals surface area contributed by atoms with E-state index in [-0.39, 0.29) is 23.3 Å². The maximum atomic E-state index is 12.0. The van der Waals surface area contributed by atoms with Crippen molar-refractivity contribution in [2.24, 2.45) is 0 Å². The fraction of sp³-hybridized carbons (Fsp3) is 0.500. The minimum atomic E-state index is -0.477. The molecule has 1 fully saturated rings. The van der Waals surface area contributed by atoms with Crippen molar-refractivity contribution in [3.05, 3.63) is 29.3 Å². The largest absolute Gasteiger partial charge is 0.507 e. The number of amides is 1. The molecular formula is C14H19NO3. The number of carbonyl (C=O) groups is 1. The van der Waals surface area contributed by atoms with E-state index in [2.05, 4.69) is 5.32 Å². The van der Waals surface area contributed by atoms with Crippen LogP contribution in [0.1, 0.15) is 41.6 Å². The van der Waals surface area contributed by atoms with E-state index in [0.29, 0.717) is 0 Å².